The lowest BCUT2D eigenvalue weighted by Crippen LogP contribution is -2.37. The number of hydrogen-bond donors (Lipinski definition) is 1. The van der Waals surface area contributed by atoms with Crippen molar-refractivity contribution in [2.75, 3.05) is 26.7 Å². The summed E-state index contributed by atoms with van der Waals surface area (Å²) in [5.41, 5.74) is 1.08. The van der Waals surface area contributed by atoms with Crippen LogP contribution >= 0.6 is 0 Å². The van der Waals surface area contributed by atoms with Crippen molar-refractivity contribution in [3.05, 3.63) is 29.8 Å². The molecule has 4 heteroatoms. The fourth-order valence-corrected chi connectivity index (χ4v) is 1.68. The highest BCUT2D eigenvalue weighted by atomic mass is 16.5. The molecule has 0 aromatic heterocycles. The van der Waals surface area contributed by atoms with Gasteiger partial charge in [0.25, 0.3) is 0 Å². The van der Waals surface area contributed by atoms with E-state index in [4.69, 9.17) is 11.2 Å². The Morgan fingerprint density at radius 2 is 2.11 bits per heavy atom. The second-order valence-corrected chi connectivity index (χ2v) is 4.06. The molecule has 1 rings (SSSR count). The molecule has 0 aliphatic rings. The maximum Gasteiger partial charge on any atom is 0.236 e. The maximum absolute atomic E-state index is 11.9. The smallest absolute Gasteiger partial charge is 0.236 e. The molecule has 1 N–H and O–H groups in total. The number of rotatable bonds is 7. The van der Waals surface area contributed by atoms with Crippen LogP contribution < -0.4 is 10.1 Å². The first-order chi connectivity index (χ1) is 9.21. The van der Waals surface area contributed by atoms with Crippen molar-refractivity contribution in [1.82, 2.24) is 10.2 Å². The molecule has 0 spiro atoms. The molecule has 0 bridgehead atoms. The Morgan fingerprint density at radius 3 is 2.63 bits per heavy atom. The largest absolute Gasteiger partial charge is 0.497 e. The molecule has 0 atom stereocenters. The summed E-state index contributed by atoms with van der Waals surface area (Å²) >= 11 is 0. The Hall–Kier alpha value is -1.99. The maximum atomic E-state index is 11.9. The minimum Gasteiger partial charge on any atom is -0.497 e. The van der Waals surface area contributed by atoms with Crippen LogP contribution in [0.5, 0.6) is 5.75 Å². The van der Waals surface area contributed by atoms with Gasteiger partial charge in [-0.3, -0.25) is 10.1 Å². The number of nitrogens with one attached hydrogen (secondary N) is 1. The molecule has 19 heavy (non-hydrogen) atoms. The van der Waals surface area contributed by atoms with Gasteiger partial charge in [-0.15, -0.1) is 6.42 Å². The molecule has 102 valence electrons. The fourth-order valence-electron chi connectivity index (χ4n) is 1.68. The minimum absolute atomic E-state index is 0.0496. The van der Waals surface area contributed by atoms with E-state index >= 15 is 0 Å². The number of carbonyl (C=O) groups excluding carboxylic acids is 1. The van der Waals surface area contributed by atoms with Crippen LogP contribution in [0.25, 0.3) is 0 Å². The van der Waals surface area contributed by atoms with Gasteiger partial charge in [0.15, 0.2) is 0 Å². The number of nitrogens with zero attached hydrogens (tertiary/aromatic N) is 1. The second-order valence-electron chi connectivity index (χ2n) is 4.06. The van der Waals surface area contributed by atoms with Gasteiger partial charge in [0, 0.05) is 13.1 Å². The summed E-state index contributed by atoms with van der Waals surface area (Å²) in [5, 5.41) is 2.91. The van der Waals surface area contributed by atoms with Crippen molar-refractivity contribution in [2.45, 2.75) is 13.5 Å². The number of ether oxygens (including phenoxy) is 1. The van der Waals surface area contributed by atoms with Gasteiger partial charge in [-0.05, 0) is 24.6 Å². The van der Waals surface area contributed by atoms with Crippen LogP contribution in [0.15, 0.2) is 24.3 Å². The Balaban J connectivity index is 2.55. The van der Waals surface area contributed by atoms with Gasteiger partial charge >= 0.3 is 0 Å². The highest BCUT2D eigenvalue weighted by Crippen LogP contribution is 2.12. The van der Waals surface area contributed by atoms with E-state index < -0.39 is 0 Å². The normalized spacial score (nSPS) is 9.74. The molecule has 0 saturated carbocycles. The summed E-state index contributed by atoms with van der Waals surface area (Å²) in [6.07, 6.45) is 5.12. The molecule has 0 radical (unpaired) electrons. The van der Waals surface area contributed by atoms with Crippen LogP contribution in [0, 0.1) is 12.3 Å². The summed E-state index contributed by atoms with van der Waals surface area (Å²) in [4.78, 5) is 13.7. The van der Waals surface area contributed by atoms with E-state index in [1.807, 2.05) is 31.2 Å². The molecule has 0 aliphatic heterocycles. The first-order valence-electron chi connectivity index (χ1n) is 6.26. The van der Waals surface area contributed by atoms with E-state index in [-0.39, 0.29) is 12.5 Å². The zero-order chi connectivity index (χ0) is 14.1. The Labute approximate surface area is 114 Å². The van der Waals surface area contributed by atoms with E-state index in [2.05, 4.69) is 11.2 Å². The zero-order valence-corrected chi connectivity index (χ0v) is 11.5. The SMILES string of the molecule is C#CCNCC(=O)N(CC)Cc1ccc(OC)cc1. The lowest BCUT2D eigenvalue weighted by Gasteiger charge is -2.21. The number of amides is 1. The van der Waals surface area contributed by atoms with Crippen LogP contribution in [-0.4, -0.2) is 37.6 Å². The van der Waals surface area contributed by atoms with Crippen LogP contribution in [0.4, 0.5) is 0 Å². The molecule has 1 amide bonds. The zero-order valence-electron chi connectivity index (χ0n) is 11.5. The third kappa shape index (κ3) is 5.02. The molecular formula is C15H20N2O2. The highest BCUT2D eigenvalue weighted by molar-refractivity contribution is 5.78. The monoisotopic (exact) mass is 260 g/mol. The second kappa shape index (κ2) is 8.17. The molecular weight excluding hydrogens is 240 g/mol. The van der Waals surface area contributed by atoms with Gasteiger partial charge in [0.2, 0.25) is 5.91 Å². The van der Waals surface area contributed by atoms with E-state index in [0.29, 0.717) is 19.6 Å². The molecule has 0 heterocycles. The highest BCUT2D eigenvalue weighted by Gasteiger charge is 2.11. The first kappa shape index (κ1) is 15.1. The number of likely N-dealkylation sites (N-methyl/N-ethyl adjacent to an activating group) is 1. The third-order valence-electron chi connectivity index (χ3n) is 2.77. The predicted molar refractivity (Wildman–Crippen MR) is 75.8 cm³/mol. The third-order valence-corrected chi connectivity index (χ3v) is 2.77. The Morgan fingerprint density at radius 1 is 1.42 bits per heavy atom. The van der Waals surface area contributed by atoms with E-state index in [1.54, 1.807) is 12.0 Å². The van der Waals surface area contributed by atoms with Crippen LogP contribution in [0.1, 0.15) is 12.5 Å². The minimum atomic E-state index is 0.0496. The summed E-state index contributed by atoms with van der Waals surface area (Å²) in [6.45, 7) is 3.91. The van der Waals surface area contributed by atoms with Crippen molar-refractivity contribution >= 4 is 5.91 Å². The van der Waals surface area contributed by atoms with Crippen molar-refractivity contribution < 1.29 is 9.53 Å². The molecule has 0 unspecified atom stereocenters. The quantitative estimate of drug-likeness (QED) is 0.593. The van der Waals surface area contributed by atoms with Gasteiger partial charge in [0.05, 0.1) is 20.2 Å². The standard InChI is InChI=1S/C15H20N2O2/c1-4-10-16-11-15(18)17(5-2)12-13-6-8-14(19-3)9-7-13/h1,6-9,16H,5,10-12H2,2-3H3. The number of hydrogen-bond acceptors (Lipinski definition) is 3. The summed E-state index contributed by atoms with van der Waals surface area (Å²) in [7, 11) is 1.63. The summed E-state index contributed by atoms with van der Waals surface area (Å²) in [5.74, 6) is 3.31. The predicted octanol–water partition coefficient (Wildman–Crippen LogP) is 1.27. The molecule has 0 saturated heterocycles. The Bertz CT molecular complexity index is 434. The number of benzene rings is 1. The first-order valence-corrected chi connectivity index (χ1v) is 6.26. The molecule has 0 aliphatic carbocycles. The summed E-state index contributed by atoms with van der Waals surface area (Å²) < 4.78 is 5.10. The van der Waals surface area contributed by atoms with E-state index in [0.717, 1.165) is 11.3 Å². The molecule has 0 fully saturated rings. The van der Waals surface area contributed by atoms with Crippen LogP contribution in [0.3, 0.4) is 0 Å². The van der Waals surface area contributed by atoms with Crippen LogP contribution in [-0.2, 0) is 11.3 Å². The van der Waals surface area contributed by atoms with Gasteiger partial charge in [-0.1, -0.05) is 18.1 Å². The Kier molecular flexibility index (Phi) is 6.48. The van der Waals surface area contributed by atoms with Crippen molar-refractivity contribution in [1.29, 1.82) is 0 Å². The average Bonchev–Trinajstić information content (AvgIpc) is 2.45. The molecule has 4 nitrogen and oxygen atoms in total. The molecule has 1 aromatic carbocycles. The summed E-state index contributed by atoms with van der Waals surface area (Å²) in [6, 6.07) is 7.71. The number of terminal acetylenes is 1. The lowest BCUT2D eigenvalue weighted by atomic mass is 10.2. The van der Waals surface area contributed by atoms with Crippen molar-refractivity contribution in [3.63, 3.8) is 0 Å². The van der Waals surface area contributed by atoms with Gasteiger partial charge in [0.1, 0.15) is 5.75 Å². The van der Waals surface area contributed by atoms with E-state index in [1.165, 1.54) is 0 Å². The average molecular weight is 260 g/mol. The number of carbonyl (C=O) groups is 1. The lowest BCUT2D eigenvalue weighted by molar-refractivity contribution is -0.130. The topological polar surface area (TPSA) is 41.6 Å². The van der Waals surface area contributed by atoms with E-state index in [9.17, 15) is 4.79 Å². The van der Waals surface area contributed by atoms with Crippen molar-refractivity contribution in [3.8, 4) is 18.1 Å². The van der Waals surface area contributed by atoms with Gasteiger partial charge < -0.3 is 9.64 Å². The fraction of sp³-hybridized carbons (Fsp3) is 0.400. The number of methoxy groups -OCH3 is 1. The van der Waals surface area contributed by atoms with Gasteiger partial charge in [-0.25, -0.2) is 0 Å². The molecule has 1 aromatic rings. The van der Waals surface area contributed by atoms with Crippen LogP contribution in [0.2, 0.25) is 0 Å². The van der Waals surface area contributed by atoms with Crippen molar-refractivity contribution in [2.24, 2.45) is 0 Å². The van der Waals surface area contributed by atoms with Gasteiger partial charge in [-0.2, -0.15) is 0 Å².